The minimum Gasteiger partial charge on any atom is -0.470 e. The molecule has 1 N–H and O–H groups in total. The SMILES string of the molecule is CCCCNc1nc(C)nc(OCCOC)c1[N+](=O)[O-]. The molecule has 0 fully saturated rings. The summed E-state index contributed by atoms with van der Waals surface area (Å²) in [6.07, 6.45) is 1.89. The quantitative estimate of drug-likeness (QED) is 0.420. The molecule has 0 amide bonds. The Morgan fingerprint density at radius 3 is 2.70 bits per heavy atom. The van der Waals surface area contributed by atoms with E-state index in [4.69, 9.17) is 9.47 Å². The van der Waals surface area contributed by atoms with Gasteiger partial charge in [-0.3, -0.25) is 10.1 Å². The molecular formula is C12H20N4O4. The van der Waals surface area contributed by atoms with Crippen molar-refractivity contribution in [2.45, 2.75) is 26.7 Å². The number of hydrogen-bond acceptors (Lipinski definition) is 7. The molecule has 8 heteroatoms. The lowest BCUT2D eigenvalue weighted by Crippen LogP contribution is -2.12. The van der Waals surface area contributed by atoms with Gasteiger partial charge in [-0.1, -0.05) is 13.3 Å². The van der Waals surface area contributed by atoms with Gasteiger partial charge in [0.15, 0.2) is 0 Å². The Bertz CT molecular complexity index is 422. The Morgan fingerprint density at radius 1 is 1.35 bits per heavy atom. The van der Waals surface area contributed by atoms with E-state index in [1.165, 1.54) is 7.11 Å². The maximum atomic E-state index is 11.2. The molecule has 0 unspecified atom stereocenters. The van der Waals surface area contributed by atoms with Gasteiger partial charge in [-0.15, -0.1) is 0 Å². The van der Waals surface area contributed by atoms with E-state index >= 15 is 0 Å². The van der Waals surface area contributed by atoms with Crippen LogP contribution in [0, 0.1) is 17.0 Å². The number of nitrogens with one attached hydrogen (secondary N) is 1. The third-order valence-corrected chi connectivity index (χ3v) is 2.50. The summed E-state index contributed by atoms with van der Waals surface area (Å²) in [5, 5.41) is 14.2. The fourth-order valence-electron chi connectivity index (χ4n) is 1.53. The van der Waals surface area contributed by atoms with Crippen molar-refractivity contribution in [1.29, 1.82) is 0 Å². The summed E-state index contributed by atoms with van der Waals surface area (Å²) >= 11 is 0. The van der Waals surface area contributed by atoms with Crippen LogP contribution >= 0.6 is 0 Å². The van der Waals surface area contributed by atoms with Gasteiger partial charge in [0.05, 0.1) is 11.5 Å². The van der Waals surface area contributed by atoms with Crippen LogP contribution in [0.5, 0.6) is 5.88 Å². The van der Waals surface area contributed by atoms with Crippen molar-refractivity contribution in [2.75, 3.05) is 32.2 Å². The van der Waals surface area contributed by atoms with Crippen molar-refractivity contribution in [3.63, 3.8) is 0 Å². The molecule has 1 aromatic heterocycles. The molecule has 1 aromatic rings. The second kappa shape index (κ2) is 8.26. The van der Waals surface area contributed by atoms with Crippen LogP contribution in [0.3, 0.4) is 0 Å². The summed E-state index contributed by atoms with van der Waals surface area (Å²) in [6.45, 7) is 4.85. The lowest BCUT2D eigenvalue weighted by Gasteiger charge is -2.10. The summed E-state index contributed by atoms with van der Waals surface area (Å²) in [5.41, 5.74) is -0.234. The van der Waals surface area contributed by atoms with Gasteiger partial charge in [0.2, 0.25) is 5.82 Å². The lowest BCUT2D eigenvalue weighted by atomic mass is 10.3. The van der Waals surface area contributed by atoms with Gasteiger partial charge in [-0.2, -0.15) is 4.98 Å². The Morgan fingerprint density at radius 2 is 2.10 bits per heavy atom. The van der Waals surface area contributed by atoms with Gasteiger partial charge in [-0.05, 0) is 13.3 Å². The van der Waals surface area contributed by atoms with Crippen LogP contribution in [0.15, 0.2) is 0 Å². The molecule has 8 nitrogen and oxygen atoms in total. The average Bonchev–Trinajstić information content (AvgIpc) is 2.38. The number of aryl methyl sites for hydroxylation is 1. The molecule has 0 spiro atoms. The van der Waals surface area contributed by atoms with E-state index in [1.807, 2.05) is 6.92 Å². The maximum absolute atomic E-state index is 11.2. The van der Waals surface area contributed by atoms with E-state index in [0.29, 0.717) is 19.0 Å². The van der Waals surface area contributed by atoms with Crippen molar-refractivity contribution in [2.24, 2.45) is 0 Å². The van der Waals surface area contributed by atoms with Crippen LogP contribution in [-0.2, 0) is 4.74 Å². The molecule has 0 saturated heterocycles. The standard InChI is InChI=1S/C12H20N4O4/c1-4-5-6-13-11-10(16(17)18)12(15-9(2)14-11)20-8-7-19-3/h4-8H2,1-3H3,(H,13,14,15). The van der Waals surface area contributed by atoms with Gasteiger partial charge in [0.25, 0.3) is 5.88 Å². The molecule has 0 aromatic carbocycles. The molecule has 1 rings (SSSR count). The minimum absolute atomic E-state index is 0.0291. The zero-order chi connectivity index (χ0) is 15.0. The van der Waals surface area contributed by atoms with E-state index in [1.54, 1.807) is 6.92 Å². The van der Waals surface area contributed by atoms with Gasteiger partial charge in [0, 0.05) is 13.7 Å². The number of hydrogen-bond donors (Lipinski definition) is 1. The third kappa shape index (κ3) is 4.61. The van der Waals surface area contributed by atoms with Crippen molar-refractivity contribution in [3.05, 3.63) is 15.9 Å². The zero-order valence-electron chi connectivity index (χ0n) is 12.0. The Balaban J connectivity index is 2.98. The summed E-state index contributed by atoms with van der Waals surface area (Å²) < 4.78 is 10.2. The highest BCUT2D eigenvalue weighted by Crippen LogP contribution is 2.31. The molecule has 1 heterocycles. The summed E-state index contributed by atoms with van der Waals surface area (Å²) in [5.74, 6) is 0.587. The molecule has 0 aliphatic carbocycles. The topological polar surface area (TPSA) is 99.4 Å². The number of rotatable bonds is 9. The number of nitro groups is 1. The highest BCUT2D eigenvalue weighted by atomic mass is 16.6. The third-order valence-electron chi connectivity index (χ3n) is 2.50. The van der Waals surface area contributed by atoms with E-state index in [0.717, 1.165) is 12.8 Å². The number of nitrogens with zero attached hydrogens (tertiary/aromatic N) is 3. The average molecular weight is 284 g/mol. The first-order valence-corrected chi connectivity index (χ1v) is 6.48. The van der Waals surface area contributed by atoms with Crippen molar-refractivity contribution >= 4 is 11.5 Å². The largest absolute Gasteiger partial charge is 0.470 e. The smallest absolute Gasteiger partial charge is 0.372 e. The first-order valence-electron chi connectivity index (χ1n) is 6.48. The fraction of sp³-hybridized carbons (Fsp3) is 0.667. The zero-order valence-corrected chi connectivity index (χ0v) is 12.0. The maximum Gasteiger partial charge on any atom is 0.372 e. The second-order valence-corrected chi connectivity index (χ2v) is 4.15. The summed E-state index contributed by atoms with van der Waals surface area (Å²) in [7, 11) is 1.53. The molecule has 0 atom stereocenters. The molecule has 20 heavy (non-hydrogen) atoms. The Hall–Kier alpha value is -1.96. The first-order chi connectivity index (χ1) is 9.60. The molecule has 0 aliphatic rings. The van der Waals surface area contributed by atoms with Crippen LogP contribution in [0.4, 0.5) is 11.5 Å². The molecule has 112 valence electrons. The number of methoxy groups -OCH3 is 1. The van der Waals surface area contributed by atoms with Gasteiger partial charge in [-0.25, -0.2) is 4.98 Å². The van der Waals surface area contributed by atoms with Crippen molar-refractivity contribution < 1.29 is 14.4 Å². The van der Waals surface area contributed by atoms with Gasteiger partial charge in [0.1, 0.15) is 12.4 Å². The number of aromatic nitrogens is 2. The summed E-state index contributed by atoms with van der Waals surface area (Å²) in [6, 6.07) is 0. The Kier molecular flexibility index (Phi) is 6.65. The number of unbranched alkanes of at least 4 members (excludes halogenated alkanes) is 1. The van der Waals surface area contributed by atoms with E-state index < -0.39 is 4.92 Å². The van der Waals surface area contributed by atoms with E-state index in [9.17, 15) is 10.1 Å². The number of anilines is 1. The molecule has 0 bridgehead atoms. The van der Waals surface area contributed by atoms with Crippen molar-refractivity contribution in [1.82, 2.24) is 9.97 Å². The highest BCUT2D eigenvalue weighted by Gasteiger charge is 2.25. The molecule has 0 aliphatic heterocycles. The van der Waals surface area contributed by atoms with Crippen molar-refractivity contribution in [3.8, 4) is 5.88 Å². The monoisotopic (exact) mass is 284 g/mol. The fourth-order valence-corrected chi connectivity index (χ4v) is 1.53. The van der Waals surface area contributed by atoms with Crippen LogP contribution in [-0.4, -0.2) is 41.8 Å². The predicted octanol–water partition coefficient (Wildman–Crippen LogP) is 1.93. The van der Waals surface area contributed by atoms with Gasteiger partial charge >= 0.3 is 5.69 Å². The molecule has 0 radical (unpaired) electrons. The highest BCUT2D eigenvalue weighted by molar-refractivity contribution is 5.61. The van der Waals surface area contributed by atoms with Crippen LogP contribution in [0.2, 0.25) is 0 Å². The van der Waals surface area contributed by atoms with Crippen LogP contribution < -0.4 is 10.1 Å². The Labute approximate surface area is 117 Å². The van der Waals surface area contributed by atoms with E-state index in [2.05, 4.69) is 15.3 Å². The van der Waals surface area contributed by atoms with Gasteiger partial charge < -0.3 is 14.8 Å². The minimum atomic E-state index is -0.532. The predicted molar refractivity (Wildman–Crippen MR) is 74.2 cm³/mol. The van der Waals surface area contributed by atoms with Crippen LogP contribution in [0.25, 0.3) is 0 Å². The van der Waals surface area contributed by atoms with Crippen LogP contribution in [0.1, 0.15) is 25.6 Å². The molecule has 0 saturated carbocycles. The lowest BCUT2D eigenvalue weighted by molar-refractivity contribution is -0.385. The van der Waals surface area contributed by atoms with E-state index in [-0.39, 0.29) is 24.0 Å². The first kappa shape index (κ1) is 16.1. The second-order valence-electron chi connectivity index (χ2n) is 4.15. The normalized spacial score (nSPS) is 10.3. The molecular weight excluding hydrogens is 264 g/mol. The summed E-state index contributed by atoms with van der Waals surface area (Å²) in [4.78, 5) is 18.7. The number of ether oxygens (including phenoxy) is 2.